The molecule has 1 N–H and O–H groups in total. The van der Waals surface area contributed by atoms with Crippen LogP contribution in [0.1, 0.15) is 17.5 Å². The van der Waals surface area contributed by atoms with Crippen LogP contribution in [0.4, 0.5) is 0 Å². The van der Waals surface area contributed by atoms with E-state index in [1.165, 1.54) is 0 Å². The third kappa shape index (κ3) is 8.73. The van der Waals surface area contributed by atoms with Crippen molar-refractivity contribution in [2.45, 2.75) is 25.7 Å². The van der Waals surface area contributed by atoms with Crippen LogP contribution in [-0.4, -0.2) is 18.0 Å². The zero-order chi connectivity index (χ0) is 23.5. The van der Waals surface area contributed by atoms with Crippen LogP contribution in [0.3, 0.4) is 0 Å². The molecular weight excluding hydrogens is 465 g/mol. The summed E-state index contributed by atoms with van der Waals surface area (Å²) in [6, 6.07) is 25.0. The normalized spacial score (nSPS) is 13.4. The monoisotopic (exact) mass is 487 g/mol. The Morgan fingerprint density at radius 3 is 1.82 bits per heavy atom. The molecule has 0 amide bonds. The molecule has 3 rings (SSSR count). The molecule has 0 saturated carbocycles. The first-order valence-electron chi connectivity index (χ1n) is 10.1. The van der Waals surface area contributed by atoms with E-state index in [1.54, 1.807) is 66.7 Å². The lowest BCUT2D eigenvalue weighted by Crippen LogP contribution is -2.38. The summed E-state index contributed by atoms with van der Waals surface area (Å²) in [5.74, 6) is -1.26. The molecule has 0 aliphatic heterocycles. The highest BCUT2D eigenvalue weighted by Crippen LogP contribution is 2.48. The molecule has 0 bridgehead atoms. The molecule has 0 radical (unpaired) electrons. The second-order valence-electron chi connectivity index (χ2n) is 7.01. The minimum Gasteiger partial charge on any atom is -0.461 e. The molecule has 0 aromatic heterocycles. The van der Waals surface area contributed by atoms with Crippen LogP contribution in [0.15, 0.2) is 91.0 Å². The van der Waals surface area contributed by atoms with Crippen LogP contribution in [0.25, 0.3) is 0 Å². The van der Waals surface area contributed by atoms with Gasteiger partial charge in [-0.15, -0.1) is 0 Å². The van der Waals surface area contributed by atoms with Gasteiger partial charge in [-0.25, -0.2) is 9.65 Å². The number of benzene rings is 3. The summed E-state index contributed by atoms with van der Waals surface area (Å²) >= 11 is 6.05. The molecule has 3 aromatic carbocycles. The summed E-state index contributed by atoms with van der Waals surface area (Å²) in [5, 5.41) is 2.43. The van der Waals surface area contributed by atoms with Crippen LogP contribution in [0.2, 0.25) is 0 Å². The summed E-state index contributed by atoms with van der Waals surface area (Å²) in [6.07, 6.45) is -0.449. The second kappa shape index (κ2) is 12.2. The summed E-state index contributed by atoms with van der Waals surface area (Å²) in [5.41, 5.74) is 1.54. The summed E-state index contributed by atoms with van der Waals surface area (Å²) in [7, 11) is 0. The van der Waals surface area contributed by atoms with Crippen LogP contribution < -0.4 is 9.61 Å². The SMILES string of the molecule is O=C(C[C@H](NP(=O)(Cl)Oc1ccccc1)C(=O)OCc1ccccc1)OCc1ccccc1. The maximum Gasteiger partial charge on any atom is 0.409 e. The number of carbonyl (C=O) groups is 2. The van der Waals surface area contributed by atoms with E-state index in [0.717, 1.165) is 11.1 Å². The fourth-order valence-corrected chi connectivity index (χ4v) is 4.41. The standard InChI is InChI=1S/C24H23ClNO6P/c25-33(29,32-21-14-8-3-9-15-21)26-22(24(28)31-18-20-12-6-2-7-13-20)16-23(27)30-17-19-10-4-1-5-11-19/h1-15,22H,16-18H2,(H,26,29)/t22-,33?/m0/s1. The minimum atomic E-state index is -4.04. The van der Waals surface area contributed by atoms with E-state index < -0.39 is 31.3 Å². The van der Waals surface area contributed by atoms with Gasteiger partial charge in [0, 0.05) is 11.2 Å². The van der Waals surface area contributed by atoms with Gasteiger partial charge < -0.3 is 14.0 Å². The molecule has 3 aromatic rings. The summed E-state index contributed by atoms with van der Waals surface area (Å²) < 4.78 is 28.7. The smallest absolute Gasteiger partial charge is 0.409 e. The number of para-hydroxylation sites is 1. The topological polar surface area (TPSA) is 90.9 Å². The van der Waals surface area contributed by atoms with E-state index in [-0.39, 0.29) is 19.0 Å². The zero-order valence-electron chi connectivity index (χ0n) is 17.6. The van der Waals surface area contributed by atoms with E-state index >= 15 is 0 Å². The Morgan fingerprint density at radius 2 is 1.27 bits per heavy atom. The molecular formula is C24H23ClNO6P. The molecule has 33 heavy (non-hydrogen) atoms. The first-order chi connectivity index (χ1) is 15.9. The quantitative estimate of drug-likeness (QED) is 0.292. The third-order valence-electron chi connectivity index (χ3n) is 4.40. The Morgan fingerprint density at radius 1 is 0.788 bits per heavy atom. The number of nitrogens with one attached hydrogen (secondary N) is 1. The molecule has 7 nitrogen and oxygen atoms in total. The Kier molecular flexibility index (Phi) is 9.07. The molecule has 0 heterocycles. The number of esters is 2. The van der Waals surface area contributed by atoms with Crippen LogP contribution in [0, 0.1) is 0 Å². The number of rotatable bonds is 11. The highest BCUT2D eigenvalue weighted by atomic mass is 35.7. The zero-order valence-corrected chi connectivity index (χ0v) is 19.3. The van der Waals surface area contributed by atoms with Crippen LogP contribution >= 0.6 is 18.1 Å². The average molecular weight is 488 g/mol. The van der Waals surface area contributed by atoms with E-state index in [4.69, 9.17) is 25.2 Å². The Labute approximate surface area is 196 Å². The van der Waals surface area contributed by atoms with Gasteiger partial charge >= 0.3 is 18.8 Å². The molecule has 2 atom stereocenters. The van der Waals surface area contributed by atoms with E-state index in [9.17, 15) is 14.2 Å². The van der Waals surface area contributed by atoms with Crippen molar-refractivity contribution in [1.82, 2.24) is 5.09 Å². The van der Waals surface area contributed by atoms with Gasteiger partial charge in [0.2, 0.25) is 0 Å². The molecule has 172 valence electrons. The van der Waals surface area contributed by atoms with Crippen LogP contribution in [-0.2, 0) is 36.8 Å². The molecule has 0 aliphatic carbocycles. The van der Waals surface area contributed by atoms with Crippen LogP contribution in [0.5, 0.6) is 5.75 Å². The number of ether oxygens (including phenoxy) is 2. The molecule has 0 aliphatic rings. The van der Waals surface area contributed by atoms with Crippen molar-refractivity contribution in [2.24, 2.45) is 0 Å². The maximum absolute atomic E-state index is 12.8. The van der Waals surface area contributed by atoms with Gasteiger partial charge in [-0.3, -0.25) is 9.59 Å². The van der Waals surface area contributed by atoms with E-state index in [0.29, 0.717) is 0 Å². The van der Waals surface area contributed by atoms with Crippen molar-refractivity contribution in [3.8, 4) is 5.75 Å². The lowest BCUT2D eigenvalue weighted by Gasteiger charge is -2.20. The van der Waals surface area contributed by atoms with E-state index in [1.807, 2.05) is 24.3 Å². The van der Waals surface area contributed by atoms with Gasteiger partial charge in [-0.1, -0.05) is 78.9 Å². The van der Waals surface area contributed by atoms with Crippen molar-refractivity contribution < 1.29 is 28.2 Å². The lowest BCUT2D eigenvalue weighted by molar-refractivity contribution is -0.153. The predicted octanol–water partition coefficient (Wildman–Crippen LogP) is 5.25. The third-order valence-corrected chi connectivity index (χ3v) is 5.96. The van der Waals surface area contributed by atoms with Gasteiger partial charge in [0.15, 0.2) is 0 Å². The first-order valence-corrected chi connectivity index (χ1v) is 12.7. The second-order valence-corrected chi connectivity index (χ2v) is 9.74. The van der Waals surface area contributed by atoms with Crippen molar-refractivity contribution in [3.05, 3.63) is 102 Å². The maximum atomic E-state index is 12.8. The highest BCUT2D eigenvalue weighted by Gasteiger charge is 2.33. The Balaban J connectivity index is 1.65. The summed E-state index contributed by atoms with van der Waals surface area (Å²) in [6.45, 7) is -4.03. The van der Waals surface area contributed by atoms with Gasteiger partial charge in [0.25, 0.3) is 0 Å². The Bertz CT molecular complexity index is 1080. The van der Waals surface area contributed by atoms with Gasteiger partial charge in [-0.05, 0) is 23.3 Å². The number of carbonyl (C=O) groups excluding carboxylic acids is 2. The Hall–Kier alpha value is -3.12. The predicted molar refractivity (Wildman–Crippen MR) is 125 cm³/mol. The molecule has 0 spiro atoms. The largest absolute Gasteiger partial charge is 0.461 e. The molecule has 9 heteroatoms. The number of halogens is 1. The van der Waals surface area contributed by atoms with Gasteiger partial charge in [0.1, 0.15) is 25.0 Å². The van der Waals surface area contributed by atoms with Crippen molar-refractivity contribution in [2.75, 3.05) is 0 Å². The molecule has 0 fully saturated rings. The molecule has 0 saturated heterocycles. The first kappa shape index (κ1) is 24.5. The number of hydrogen-bond donors (Lipinski definition) is 1. The lowest BCUT2D eigenvalue weighted by atomic mass is 10.2. The van der Waals surface area contributed by atoms with Gasteiger partial charge in [0.05, 0.1) is 6.42 Å². The minimum absolute atomic E-state index is 0.0248. The fourth-order valence-electron chi connectivity index (χ4n) is 2.80. The number of hydrogen-bond acceptors (Lipinski definition) is 6. The highest BCUT2D eigenvalue weighted by molar-refractivity contribution is 7.84. The van der Waals surface area contributed by atoms with Crippen molar-refractivity contribution in [1.29, 1.82) is 0 Å². The summed E-state index contributed by atoms with van der Waals surface area (Å²) in [4.78, 5) is 25.1. The van der Waals surface area contributed by atoms with Crippen molar-refractivity contribution in [3.63, 3.8) is 0 Å². The fraction of sp³-hybridized carbons (Fsp3) is 0.167. The molecule has 1 unspecified atom stereocenters. The van der Waals surface area contributed by atoms with E-state index in [2.05, 4.69) is 5.09 Å². The van der Waals surface area contributed by atoms with Gasteiger partial charge in [-0.2, -0.15) is 0 Å². The van der Waals surface area contributed by atoms with Crippen molar-refractivity contribution >= 4 is 30.1 Å². The average Bonchev–Trinajstić information content (AvgIpc) is 2.82.